The van der Waals surface area contributed by atoms with Gasteiger partial charge in [-0.2, -0.15) is 0 Å². The lowest BCUT2D eigenvalue weighted by Gasteiger charge is -2.43. The van der Waals surface area contributed by atoms with E-state index in [4.69, 9.17) is 13.9 Å². The minimum Gasteiger partial charge on any atom is -0.463 e. The lowest BCUT2D eigenvalue weighted by Crippen LogP contribution is -2.49. The van der Waals surface area contributed by atoms with E-state index in [2.05, 4.69) is 9.64 Å². The Hall–Kier alpha value is -1.37. The van der Waals surface area contributed by atoms with Crippen LogP contribution in [-0.4, -0.2) is 50.1 Å². The number of furan rings is 1. The van der Waals surface area contributed by atoms with Crippen molar-refractivity contribution in [3.63, 3.8) is 0 Å². The fourth-order valence-corrected chi connectivity index (χ4v) is 2.85. The molecule has 1 aromatic rings. The highest BCUT2D eigenvalue weighted by molar-refractivity contribution is 5.86. The summed E-state index contributed by atoms with van der Waals surface area (Å²) in [5, 5.41) is 0. The van der Waals surface area contributed by atoms with Crippen molar-refractivity contribution in [2.45, 2.75) is 31.6 Å². The largest absolute Gasteiger partial charge is 0.463 e. The maximum Gasteiger partial charge on any atom is 0.373 e. The first-order valence-corrected chi connectivity index (χ1v) is 7.38. The zero-order chi connectivity index (χ0) is 14.7. The molecule has 0 atom stereocenters. The van der Waals surface area contributed by atoms with Gasteiger partial charge in [-0.1, -0.05) is 0 Å². The van der Waals surface area contributed by atoms with Crippen molar-refractivity contribution >= 4 is 5.97 Å². The van der Waals surface area contributed by atoms with Gasteiger partial charge in [-0.3, -0.25) is 4.90 Å². The molecule has 2 aliphatic rings. The van der Waals surface area contributed by atoms with Crippen molar-refractivity contribution < 1.29 is 23.4 Å². The van der Waals surface area contributed by atoms with Gasteiger partial charge in [-0.15, -0.1) is 0 Å². The van der Waals surface area contributed by atoms with E-state index in [9.17, 15) is 4.79 Å². The minimum atomic E-state index is -0.442. The van der Waals surface area contributed by atoms with E-state index in [1.165, 1.54) is 7.11 Å². The van der Waals surface area contributed by atoms with Gasteiger partial charge in [-0.05, 0) is 18.6 Å². The quantitative estimate of drug-likeness (QED) is 0.792. The number of carbonyl (C=O) groups excluding carboxylic acids is 1. The molecule has 0 unspecified atom stereocenters. The summed E-state index contributed by atoms with van der Waals surface area (Å²) in [6.07, 6.45) is 2.73. The van der Waals surface area contributed by atoms with Gasteiger partial charge in [0, 0.05) is 25.9 Å². The molecule has 3 heterocycles. The molecule has 3 rings (SSSR count). The topological polar surface area (TPSA) is 61.1 Å². The highest BCUT2D eigenvalue weighted by Gasteiger charge is 2.38. The average Bonchev–Trinajstić information content (AvgIpc) is 2.98. The molecule has 1 spiro atoms. The van der Waals surface area contributed by atoms with Crippen LogP contribution in [0.1, 0.15) is 35.6 Å². The first-order chi connectivity index (χ1) is 10.2. The smallest absolute Gasteiger partial charge is 0.373 e. The van der Waals surface area contributed by atoms with E-state index in [1.54, 1.807) is 6.07 Å². The fourth-order valence-electron chi connectivity index (χ4n) is 2.85. The first kappa shape index (κ1) is 14.6. The second kappa shape index (κ2) is 6.17. The zero-order valence-corrected chi connectivity index (χ0v) is 12.3. The standard InChI is InChI=1S/C15H21NO5/c1-18-14(17)13-4-3-12(21-13)11-16-7-5-15(6-8-16)19-9-2-10-20-15/h3-4H,2,5-11H2,1H3. The van der Waals surface area contributed by atoms with Crippen LogP contribution in [0.15, 0.2) is 16.5 Å². The Morgan fingerprint density at radius 2 is 2.00 bits per heavy atom. The van der Waals surface area contributed by atoms with E-state index < -0.39 is 5.97 Å². The number of hydrogen-bond donors (Lipinski definition) is 0. The number of likely N-dealkylation sites (tertiary alicyclic amines) is 1. The number of carbonyl (C=O) groups is 1. The van der Waals surface area contributed by atoms with Crippen molar-refractivity contribution in [1.29, 1.82) is 0 Å². The van der Waals surface area contributed by atoms with E-state index in [0.717, 1.165) is 51.3 Å². The Balaban J connectivity index is 1.53. The van der Waals surface area contributed by atoms with E-state index in [0.29, 0.717) is 6.54 Å². The predicted molar refractivity (Wildman–Crippen MR) is 73.8 cm³/mol. The van der Waals surface area contributed by atoms with Crippen LogP contribution < -0.4 is 0 Å². The van der Waals surface area contributed by atoms with E-state index in [-0.39, 0.29) is 11.5 Å². The number of methoxy groups -OCH3 is 1. The molecular weight excluding hydrogens is 274 g/mol. The van der Waals surface area contributed by atoms with Gasteiger partial charge in [-0.25, -0.2) is 4.79 Å². The number of hydrogen-bond acceptors (Lipinski definition) is 6. The van der Waals surface area contributed by atoms with Crippen LogP contribution in [0.2, 0.25) is 0 Å². The van der Waals surface area contributed by atoms with Crippen LogP contribution in [0.5, 0.6) is 0 Å². The van der Waals surface area contributed by atoms with Gasteiger partial charge < -0.3 is 18.6 Å². The van der Waals surface area contributed by atoms with Crippen molar-refractivity contribution in [1.82, 2.24) is 4.90 Å². The van der Waals surface area contributed by atoms with Gasteiger partial charge in [0.15, 0.2) is 5.79 Å². The molecule has 6 heteroatoms. The summed E-state index contributed by atoms with van der Waals surface area (Å²) in [6.45, 7) is 4.07. The molecule has 2 saturated heterocycles. The third kappa shape index (κ3) is 3.28. The third-order valence-electron chi connectivity index (χ3n) is 4.06. The van der Waals surface area contributed by atoms with Gasteiger partial charge in [0.25, 0.3) is 0 Å². The number of piperidine rings is 1. The van der Waals surface area contributed by atoms with Crippen LogP contribution in [0, 0.1) is 0 Å². The molecular formula is C15H21NO5. The number of esters is 1. The molecule has 0 bridgehead atoms. The molecule has 0 amide bonds. The fraction of sp³-hybridized carbons (Fsp3) is 0.667. The zero-order valence-electron chi connectivity index (χ0n) is 12.3. The molecule has 21 heavy (non-hydrogen) atoms. The maximum atomic E-state index is 11.4. The summed E-state index contributed by atoms with van der Waals surface area (Å²) in [5.41, 5.74) is 0. The Kier molecular flexibility index (Phi) is 4.28. The molecule has 0 aliphatic carbocycles. The average molecular weight is 295 g/mol. The normalized spacial score (nSPS) is 22.3. The Labute approximate surface area is 123 Å². The van der Waals surface area contributed by atoms with Gasteiger partial charge in [0.05, 0.1) is 26.9 Å². The van der Waals surface area contributed by atoms with Gasteiger partial charge >= 0.3 is 5.97 Å². The van der Waals surface area contributed by atoms with E-state index >= 15 is 0 Å². The van der Waals surface area contributed by atoms with Crippen LogP contribution >= 0.6 is 0 Å². The van der Waals surface area contributed by atoms with Gasteiger partial charge in [0.1, 0.15) is 5.76 Å². The van der Waals surface area contributed by atoms with Crippen molar-refractivity contribution in [3.8, 4) is 0 Å². The molecule has 0 N–H and O–H groups in total. The lowest BCUT2D eigenvalue weighted by molar-refractivity contribution is -0.284. The molecule has 1 aromatic heterocycles. The van der Waals surface area contributed by atoms with Crippen molar-refractivity contribution in [3.05, 3.63) is 23.7 Å². The highest BCUT2D eigenvalue weighted by Crippen LogP contribution is 2.31. The summed E-state index contributed by atoms with van der Waals surface area (Å²) in [4.78, 5) is 13.6. The van der Waals surface area contributed by atoms with Gasteiger partial charge in [0.2, 0.25) is 5.76 Å². The van der Waals surface area contributed by atoms with E-state index in [1.807, 2.05) is 6.07 Å². The summed E-state index contributed by atoms with van der Waals surface area (Å²) in [7, 11) is 1.35. The lowest BCUT2D eigenvalue weighted by atomic mass is 10.0. The van der Waals surface area contributed by atoms with Crippen LogP contribution in [-0.2, 0) is 20.8 Å². The first-order valence-electron chi connectivity index (χ1n) is 7.38. The van der Waals surface area contributed by atoms with Crippen LogP contribution in [0.4, 0.5) is 0 Å². The molecule has 2 fully saturated rings. The highest BCUT2D eigenvalue weighted by atomic mass is 16.7. The second-order valence-electron chi connectivity index (χ2n) is 5.49. The monoisotopic (exact) mass is 295 g/mol. The molecule has 2 aliphatic heterocycles. The number of ether oxygens (including phenoxy) is 3. The van der Waals surface area contributed by atoms with Crippen molar-refractivity contribution in [2.24, 2.45) is 0 Å². The minimum absolute atomic E-state index is 0.250. The summed E-state index contributed by atoms with van der Waals surface area (Å²) in [5.74, 6) is 0.217. The molecule has 6 nitrogen and oxygen atoms in total. The molecule has 116 valence electrons. The Morgan fingerprint density at radius 1 is 1.29 bits per heavy atom. The number of rotatable bonds is 3. The van der Waals surface area contributed by atoms with Crippen LogP contribution in [0.3, 0.4) is 0 Å². The summed E-state index contributed by atoms with van der Waals surface area (Å²) < 4.78 is 21.8. The van der Waals surface area contributed by atoms with Crippen LogP contribution in [0.25, 0.3) is 0 Å². The Morgan fingerprint density at radius 3 is 2.67 bits per heavy atom. The maximum absolute atomic E-state index is 11.4. The molecule has 0 saturated carbocycles. The summed E-state index contributed by atoms with van der Waals surface area (Å²) >= 11 is 0. The molecule has 0 radical (unpaired) electrons. The number of nitrogens with zero attached hydrogens (tertiary/aromatic N) is 1. The molecule has 0 aromatic carbocycles. The van der Waals surface area contributed by atoms with Crippen molar-refractivity contribution in [2.75, 3.05) is 33.4 Å². The third-order valence-corrected chi connectivity index (χ3v) is 4.06. The second-order valence-corrected chi connectivity index (χ2v) is 5.49. The predicted octanol–water partition coefficient (Wildman–Crippen LogP) is 1.80. The summed E-state index contributed by atoms with van der Waals surface area (Å²) in [6, 6.07) is 3.48. The SMILES string of the molecule is COC(=O)c1ccc(CN2CCC3(CC2)OCCCO3)o1. The Bertz CT molecular complexity index is 482.